The minimum absolute atomic E-state index is 0.0391. The molecular weight excluding hydrogens is 614 g/mol. The molecule has 4 fully saturated rings. The number of fused-ring (bicyclic) bond motifs is 5. The molecule has 7 nitrogen and oxygen atoms in total. The highest BCUT2D eigenvalue weighted by molar-refractivity contribution is 6.25. The smallest absolute Gasteiger partial charge is 0.411 e. The molecule has 4 aromatic carbocycles. The topological polar surface area (TPSA) is 102 Å². The third-order valence-corrected chi connectivity index (χ3v) is 14.4. The molecule has 0 aromatic heterocycles. The lowest BCUT2D eigenvalue weighted by Gasteiger charge is -2.61. The van der Waals surface area contributed by atoms with Crippen LogP contribution in [0.5, 0.6) is 0 Å². The Hall–Kier alpha value is -3.71. The number of ether oxygens (including phenoxy) is 2. The van der Waals surface area contributed by atoms with E-state index in [-0.39, 0.29) is 58.4 Å². The van der Waals surface area contributed by atoms with Crippen LogP contribution >= 0.6 is 0 Å². The monoisotopic (exact) mass is 663 g/mol. The molecule has 7 heteroatoms. The van der Waals surface area contributed by atoms with E-state index >= 15 is 0 Å². The quantitative estimate of drug-likeness (QED) is 0.158. The Morgan fingerprint density at radius 3 is 2.41 bits per heavy atom. The van der Waals surface area contributed by atoms with Crippen molar-refractivity contribution in [2.45, 2.75) is 90.8 Å². The van der Waals surface area contributed by atoms with Gasteiger partial charge in [0.05, 0.1) is 18.9 Å². The number of aliphatic hydroxyl groups excluding tert-OH is 1. The average Bonchev–Trinajstić information content (AvgIpc) is 3.46. The van der Waals surface area contributed by atoms with Gasteiger partial charge in [-0.3, -0.25) is 14.9 Å². The summed E-state index contributed by atoms with van der Waals surface area (Å²) < 4.78 is 11.0. The van der Waals surface area contributed by atoms with Crippen LogP contribution in [0, 0.1) is 46.3 Å². The number of nitrogens with one attached hydrogen (secondary N) is 1. The highest BCUT2D eigenvalue weighted by Crippen LogP contribution is 2.67. The largest absolute Gasteiger partial charge is 0.469 e. The summed E-state index contributed by atoms with van der Waals surface area (Å²) in [5.41, 5.74) is 0.317. The molecule has 4 aromatic rings. The van der Waals surface area contributed by atoms with Crippen molar-refractivity contribution < 1.29 is 29.0 Å². The molecule has 8 rings (SSSR count). The van der Waals surface area contributed by atoms with E-state index in [9.17, 15) is 19.5 Å². The second-order valence-corrected chi connectivity index (χ2v) is 16.4. The van der Waals surface area contributed by atoms with Gasteiger partial charge in [-0.25, -0.2) is 4.79 Å². The molecule has 4 saturated carbocycles. The first kappa shape index (κ1) is 32.5. The number of esters is 1. The average molecular weight is 664 g/mol. The lowest BCUT2D eigenvalue weighted by molar-refractivity contribution is -0.182. The summed E-state index contributed by atoms with van der Waals surface area (Å²) in [5, 5.41) is 21.8. The number of aliphatic hydroxyl groups is 1. The van der Waals surface area contributed by atoms with Gasteiger partial charge in [0, 0.05) is 29.6 Å². The Morgan fingerprint density at radius 2 is 1.65 bits per heavy atom. The highest BCUT2D eigenvalue weighted by atomic mass is 16.6. The van der Waals surface area contributed by atoms with Crippen molar-refractivity contribution in [3.8, 4) is 0 Å². The molecule has 0 radical (unpaired) electrons. The van der Waals surface area contributed by atoms with Crippen molar-refractivity contribution in [2.75, 3.05) is 12.4 Å². The van der Waals surface area contributed by atoms with Gasteiger partial charge < -0.3 is 14.6 Å². The normalized spacial score (nSPS) is 34.7. The molecule has 2 N–H and O–H groups in total. The van der Waals surface area contributed by atoms with E-state index < -0.39 is 12.2 Å². The SMILES string of the molecule is COC(=O)CC[C@@H](C)[C@H]1CC[C@H]2[C@@H]3C(=O)C[C@@H]4C[C@H](OC(=O)Nc5ccc6ccc7cccc8ccc5c6c78)CC[C@]4(C)[C@H]3C[C@H](O)[C@]12C. The number of hydrogen-bond acceptors (Lipinski definition) is 6. The van der Waals surface area contributed by atoms with Gasteiger partial charge >= 0.3 is 12.1 Å². The van der Waals surface area contributed by atoms with Crippen LogP contribution in [-0.2, 0) is 19.1 Å². The lowest BCUT2D eigenvalue weighted by Crippen LogP contribution is -2.61. The van der Waals surface area contributed by atoms with Gasteiger partial charge in [0.15, 0.2) is 0 Å². The van der Waals surface area contributed by atoms with E-state index in [2.05, 4.69) is 74.6 Å². The number of hydrogen-bond donors (Lipinski definition) is 2. The van der Waals surface area contributed by atoms with Crippen molar-refractivity contribution in [3.05, 3.63) is 54.6 Å². The Morgan fingerprint density at radius 1 is 0.939 bits per heavy atom. The van der Waals surface area contributed by atoms with Crippen molar-refractivity contribution in [2.24, 2.45) is 46.3 Å². The number of ketones is 1. The third-order valence-electron chi connectivity index (χ3n) is 14.4. The molecule has 0 heterocycles. The van der Waals surface area contributed by atoms with Gasteiger partial charge in [0.25, 0.3) is 0 Å². The van der Waals surface area contributed by atoms with Crippen LogP contribution in [0.15, 0.2) is 54.6 Å². The first-order valence-electron chi connectivity index (χ1n) is 18.4. The molecule has 0 saturated heterocycles. The number of amides is 1. The molecule has 0 aliphatic heterocycles. The van der Waals surface area contributed by atoms with E-state index in [4.69, 9.17) is 9.47 Å². The van der Waals surface area contributed by atoms with E-state index in [1.54, 1.807) is 0 Å². The number of carbonyl (C=O) groups excluding carboxylic acids is 3. The molecule has 0 unspecified atom stereocenters. The highest BCUT2D eigenvalue weighted by Gasteiger charge is 2.66. The van der Waals surface area contributed by atoms with E-state index in [0.29, 0.717) is 31.5 Å². The standard InChI is InChI=1S/C42H49NO6/c1-23(8-17-36(46)48-4)30-14-15-31-39-32(22-35(45)42(30,31)3)41(2)19-18-28(20-27(41)21-34(39)44)49-40(47)43-33-16-12-26-10-9-24-6-5-7-25-11-13-29(33)38(26)37(24)25/h5-7,9-13,16,23,27-28,30-32,35,39,45H,8,14-15,17-22H2,1-4H3,(H,43,47)/t23-,27+,28-,30-,31+,32+,35+,39+,41+,42-/m1/s1. The van der Waals surface area contributed by atoms with Gasteiger partial charge in [-0.05, 0) is 113 Å². The minimum Gasteiger partial charge on any atom is -0.469 e. The van der Waals surface area contributed by atoms with Crippen molar-refractivity contribution in [1.82, 2.24) is 0 Å². The number of anilines is 1. The van der Waals surface area contributed by atoms with Crippen LogP contribution in [0.4, 0.5) is 10.5 Å². The van der Waals surface area contributed by atoms with Crippen LogP contribution in [-0.4, -0.2) is 42.3 Å². The molecule has 4 aliphatic carbocycles. The van der Waals surface area contributed by atoms with E-state index in [1.807, 2.05) is 6.07 Å². The second-order valence-electron chi connectivity index (χ2n) is 16.4. The van der Waals surface area contributed by atoms with Gasteiger partial charge in [0.2, 0.25) is 0 Å². The van der Waals surface area contributed by atoms with E-state index in [1.165, 1.54) is 23.3 Å². The number of benzene rings is 4. The molecule has 4 aliphatic rings. The maximum atomic E-state index is 14.1. The third kappa shape index (κ3) is 5.05. The second kappa shape index (κ2) is 12.0. The summed E-state index contributed by atoms with van der Waals surface area (Å²) in [5.74, 6) is 1.04. The Bertz CT molecular complexity index is 1920. The van der Waals surface area contributed by atoms with Crippen molar-refractivity contribution in [3.63, 3.8) is 0 Å². The van der Waals surface area contributed by atoms with Gasteiger partial charge in [-0.1, -0.05) is 69.3 Å². The van der Waals surface area contributed by atoms with Gasteiger partial charge in [-0.15, -0.1) is 0 Å². The molecule has 49 heavy (non-hydrogen) atoms. The van der Waals surface area contributed by atoms with Crippen LogP contribution in [0.2, 0.25) is 0 Å². The summed E-state index contributed by atoms with van der Waals surface area (Å²) in [7, 11) is 1.43. The number of Topliss-reactive ketones (excluding diaryl/α,β-unsaturated/α-hetero) is 1. The van der Waals surface area contributed by atoms with E-state index in [0.717, 1.165) is 54.0 Å². The molecule has 0 bridgehead atoms. The number of methoxy groups -OCH3 is 1. The zero-order valence-corrected chi connectivity index (χ0v) is 29.2. The summed E-state index contributed by atoms with van der Waals surface area (Å²) in [6, 6.07) is 18.8. The Labute approximate surface area is 288 Å². The minimum atomic E-state index is -0.486. The van der Waals surface area contributed by atoms with Crippen LogP contribution in [0.1, 0.15) is 78.6 Å². The fraction of sp³-hybridized carbons (Fsp3) is 0.548. The van der Waals surface area contributed by atoms with Gasteiger partial charge in [-0.2, -0.15) is 0 Å². The van der Waals surface area contributed by atoms with Crippen molar-refractivity contribution in [1.29, 1.82) is 0 Å². The lowest BCUT2D eigenvalue weighted by atomic mass is 9.43. The summed E-state index contributed by atoms with van der Waals surface area (Å²) in [6.07, 6.45) is 5.30. The zero-order chi connectivity index (χ0) is 34.2. The molecule has 0 spiro atoms. The maximum absolute atomic E-state index is 14.1. The van der Waals surface area contributed by atoms with Crippen molar-refractivity contribution >= 4 is 55.9 Å². The maximum Gasteiger partial charge on any atom is 0.411 e. The summed E-state index contributed by atoms with van der Waals surface area (Å²) >= 11 is 0. The first-order chi connectivity index (χ1) is 23.5. The zero-order valence-electron chi connectivity index (χ0n) is 29.2. The number of carbonyl (C=O) groups is 3. The van der Waals surface area contributed by atoms with Gasteiger partial charge in [0.1, 0.15) is 11.9 Å². The summed E-state index contributed by atoms with van der Waals surface area (Å²) in [4.78, 5) is 39.4. The van der Waals surface area contributed by atoms with Crippen LogP contribution in [0.3, 0.4) is 0 Å². The molecule has 10 atom stereocenters. The first-order valence-corrected chi connectivity index (χ1v) is 18.4. The predicted octanol–water partition coefficient (Wildman–Crippen LogP) is 8.90. The number of rotatable bonds is 6. The Balaban J connectivity index is 0.963. The fourth-order valence-electron chi connectivity index (χ4n) is 11.7. The Kier molecular flexibility index (Phi) is 7.93. The van der Waals surface area contributed by atoms with Crippen LogP contribution in [0.25, 0.3) is 32.3 Å². The molecule has 1 amide bonds. The predicted molar refractivity (Wildman–Crippen MR) is 191 cm³/mol. The summed E-state index contributed by atoms with van der Waals surface area (Å²) in [6.45, 7) is 6.75. The molecule has 258 valence electrons. The fourth-order valence-corrected chi connectivity index (χ4v) is 11.7. The molecular formula is C42H49NO6. The van der Waals surface area contributed by atoms with Crippen LogP contribution < -0.4 is 5.32 Å².